The third kappa shape index (κ3) is 3.17. The summed E-state index contributed by atoms with van der Waals surface area (Å²) in [7, 11) is 0. The third-order valence-corrected chi connectivity index (χ3v) is 3.96. The van der Waals surface area contributed by atoms with Gasteiger partial charge in [-0.25, -0.2) is 0 Å². The Bertz CT molecular complexity index is 546. The molecule has 1 heterocycles. The molecule has 1 aliphatic rings. The first kappa shape index (κ1) is 14.5. The lowest BCUT2D eigenvalue weighted by Gasteiger charge is -2.35. The molecule has 1 aromatic carbocycles. The van der Waals surface area contributed by atoms with Crippen LogP contribution in [0.2, 0.25) is 0 Å². The fraction of sp³-hybridized carbons (Fsp3) is 0.500. The molecule has 1 N–H and O–H groups in total. The molecule has 106 valence electrons. The van der Waals surface area contributed by atoms with Crippen molar-refractivity contribution < 1.29 is 9.90 Å². The first-order valence-corrected chi connectivity index (χ1v) is 6.88. The molecule has 1 aliphatic heterocycles. The van der Waals surface area contributed by atoms with Gasteiger partial charge < -0.3 is 5.11 Å². The molecule has 0 radical (unpaired) electrons. The van der Waals surface area contributed by atoms with E-state index < -0.39 is 17.4 Å². The van der Waals surface area contributed by atoms with Gasteiger partial charge in [-0.1, -0.05) is 24.3 Å². The van der Waals surface area contributed by atoms with Crippen LogP contribution in [0, 0.1) is 16.7 Å². The largest absolute Gasteiger partial charge is 0.480 e. The van der Waals surface area contributed by atoms with Crippen molar-refractivity contribution in [3.63, 3.8) is 0 Å². The molecule has 20 heavy (non-hydrogen) atoms. The lowest BCUT2D eigenvalue weighted by atomic mass is 9.89. The summed E-state index contributed by atoms with van der Waals surface area (Å²) in [6.07, 6.45) is 1.22. The number of benzene rings is 1. The molecule has 1 unspecified atom stereocenters. The normalized spacial score (nSPS) is 19.1. The van der Waals surface area contributed by atoms with Gasteiger partial charge in [0.25, 0.3) is 0 Å². The van der Waals surface area contributed by atoms with E-state index in [4.69, 9.17) is 5.26 Å². The van der Waals surface area contributed by atoms with E-state index >= 15 is 0 Å². The molecule has 0 fully saturated rings. The summed E-state index contributed by atoms with van der Waals surface area (Å²) < 4.78 is 0. The minimum atomic E-state index is -0.783. The third-order valence-electron chi connectivity index (χ3n) is 3.96. The second kappa shape index (κ2) is 5.64. The predicted octanol–water partition coefficient (Wildman–Crippen LogP) is 2.44. The first-order valence-electron chi connectivity index (χ1n) is 6.88. The molecule has 0 amide bonds. The van der Waals surface area contributed by atoms with Crippen LogP contribution in [0.25, 0.3) is 0 Å². The first-order chi connectivity index (χ1) is 9.43. The van der Waals surface area contributed by atoms with Crippen molar-refractivity contribution in [2.45, 2.75) is 39.3 Å². The smallest absolute Gasteiger partial charge is 0.321 e. The van der Waals surface area contributed by atoms with E-state index in [1.54, 1.807) is 0 Å². The van der Waals surface area contributed by atoms with Crippen molar-refractivity contribution in [1.82, 2.24) is 4.90 Å². The summed E-state index contributed by atoms with van der Waals surface area (Å²) in [6, 6.07) is 9.77. The lowest BCUT2D eigenvalue weighted by molar-refractivity contribution is -0.144. The average Bonchev–Trinajstić information content (AvgIpc) is 2.44. The van der Waals surface area contributed by atoms with E-state index in [1.807, 2.05) is 36.9 Å². The summed E-state index contributed by atoms with van der Waals surface area (Å²) in [5.74, 6) is -0.783. The van der Waals surface area contributed by atoms with Gasteiger partial charge in [0.2, 0.25) is 0 Å². The maximum atomic E-state index is 11.5. The van der Waals surface area contributed by atoms with Gasteiger partial charge in [-0.05, 0) is 37.8 Å². The number of hydrogen-bond donors (Lipinski definition) is 1. The molecule has 1 atom stereocenters. The van der Waals surface area contributed by atoms with E-state index in [-0.39, 0.29) is 0 Å². The van der Waals surface area contributed by atoms with E-state index in [2.05, 4.69) is 12.1 Å². The number of nitriles is 1. The standard InChI is InChI=1S/C16H20N2O2/c1-16(2,11-17)7-8-18-10-13-6-4-3-5-12(13)9-14(18)15(19)20/h3-6,14H,7-10H2,1-2H3,(H,19,20). The Morgan fingerprint density at radius 1 is 1.45 bits per heavy atom. The number of fused-ring (bicyclic) bond motifs is 1. The number of carbonyl (C=O) groups is 1. The molecule has 0 saturated heterocycles. The molecule has 0 bridgehead atoms. The highest BCUT2D eigenvalue weighted by Crippen LogP contribution is 2.26. The topological polar surface area (TPSA) is 64.3 Å². The molecule has 0 spiro atoms. The minimum absolute atomic E-state index is 0.417. The number of rotatable bonds is 4. The van der Waals surface area contributed by atoms with Crippen LogP contribution < -0.4 is 0 Å². The van der Waals surface area contributed by atoms with Gasteiger partial charge in [0, 0.05) is 13.1 Å². The van der Waals surface area contributed by atoms with Crippen LogP contribution in [0.5, 0.6) is 0 Å². The van der Waals surface area contributed by atoms with Crippen LogP contribution in [0.1, 0.15) is 31.4 Å². The van der Waals surface area contributed by atoms with Crippen molar-refractivity contribution in [2.24, 2.45) is 5.41 Å². The predicted molar refractivity (Wildman–Crippen MR) is 76.0 cm³/mol. The zero-order valence-corrected chi connectivity index (χ0v) is 12.0. The van der Waals surface area contributed by atoms with Gasteiger partial charge in [0.1, 0.15) is 6.04 Å². The number of hydrogen-bond acceptors (Lipinski definition) is 3. The van der Waals surface area contributed by atoms with Crippen LogP contribution in [-0.4, -0.2) is 28.6 Å². The Morgan fingerprint density at radius 2 is 2.10 bits per heavy atom. The van der Waals surface area contributed by atoms with Crippen LogP contribution in [0.4, 0.5) is 0 Å². The van der Waals surface area contributed by atoms with Gasteiger partial charge >= 0.3 is 5.97 Å². The number of nitrogens with zero attached hydrogens (tertiary/aromatic N) is 2. The Labute approximate surface area is 119 Å². The minimum Gasteiger partial charge on any atom is -0.480 e. The molecule has 0 saturated carbocycles. The number of carboxylic acids is 1. The van der Waals surface area contributed by atoms with Gasteiger partial charge in [0.15, 0.2) is 0 Å². The van der Waals surface area contributed by atoms with Crippen LogP contribution in [0.3, 0.4) is 0 Å². The van der Waals surface area contributed by atoms with E-state index in [9.17, 15) is 9.90 Å². The lowest BCUT2D eigenvalue weighted by Crippen LogP contribution is -2.46. The fourth-order valence-electron chi connectivity index (χ4n) is 2.53. The SMILES string of the molecule is CC(C)(C#N)CCN1Cc2ccccc2CC1C(=O)O. The summed E-state index contributed by atoms with van der Waals surface area (Å²) in [6.45, 7) is 5.06. The van der Waals surface area contributed by atoms with Crippen LogP contribution >= 0.6 is 0 Å². The molecule has 0 aromatic heterocycles. The van der Waals surface area contributed by atoms with Crippen molar-refractivity contribution in [2.75, 3.05) is 6.54 Å². The fourth-order valence-corrected chi connectivity index (χ4v) is 2.53. The molecule has 0 aliphatic carbocycles. The Morgan fingerprint density at radius 3 is 2.70 bits per heavy atom. The molecular formula is C16H20N2O2. The van der Waals surface area contributed by atoms with E-state index in [0.717, 1.165) is 5.56 Å². The zero-order chi connectivity index (χ0) is 14.8. The molecule has 2 rings (SSSR count). The van der Waals surface area contributed by atoms with Crippen molar-refractivity contribution in [3.8, 4) is 6.07 Å². The molecule has 4 heteroatoms. The van der Waals surface area contributed by atoms with Gasteiger partial charge in [0.05, 0.1) is 11.5 Å². The molecular weight excluding hydrogens is 252 g/mol. The van der Waals surface area contributed by atoms with Crippen molar-refractivity contribution >= 4 is 5.97 Å². The number of carboxylic acid groups (broad SMARTS) is 1. The van der Waals surface area contributed by atoms with Gasteiger partial charge in [-0.2, -0.15) is 5.26 Å². The highest BCUT2D eigenvalue weighted by Gasteiger charge is 2.32. The maximum Gasteiger partial charge on any atom is 0.321 e. The highest BCUT2D eigenvalue weighted by molar-refractivity contribution is 5.74. The quantitative estimate of drug-likeness (QED) is 0.914. The average molecular weight is 272 g/mol. The van der Waals surface area contributed by atoms with E-state index in [1.165, 1.54) is 5.56 Å². The van der Waals surface area contributed by atoms with Crippen LogP contribution in [-0.2, 0) is 17.8 Å². The Kier molecular flexibility index (Phi) is 4.10. The highest BCUT2D eigenvalue weighted by atomic mass is 16.4. The maximum absolute atomic E-state index is 11.5. The van der Waals surface area contributed by atoms with E-state index in [0.29, 0.717) is 25.9 Å². The Balaban J connectivity index is 2.15. The summed E-state index contributed by atoms with van der Waals surface area (Å²) in [5, 5.41) is 18.5. The molecule has 4 nitrogen and oxygen atoms in total. The number of aliphatic carboxylic acids is 1. The monoisotopic (exact) mass is 272 g/mol. The van der Waals surface area contributed by atoms with Gasteiger partial charge in [-0.3, -0.25) is 9.69 Å². The Hall–Kier alpha value is -1.86. The summed E-state index contributed by atoms with van der Waals surface area (Å²) in [4.78, 5) is 13.4. The van der Waals surface area contributed by atoms with Crippen LogP contribution in [0.15, 0.2) is 24.3 Å². The van der Waals surface area contributed by atoms with Crippen molar-refractivity contribution in [1.29, 1.82) is 5.26 Å². The molecule has 1 aromatic rings. The summed E-state index contributed by atoms with van der Waals surface area (Å²) in [5.41, 5.74) is 1.90. The zero-order valence-electron chi connectivity index (χ0n) is 12.0. The second-order valence-electron chi connectivity index (χ2n) is 6.04. The van der Waals surface area contributed by atoms with Crippen molar-refractivity contribution in [3.05, 3.63) is 35.4 Å². The summed E-state index contributed by atoms with van der Waals surface area (Å²) >= 11 is 0. The van der Waals surface area contributed by atoms with Gasteiger partial charge in [-0.15, -0.1) is 0 Å². The second-order valence-corrected chi connectivity index (χ2v) is 6.04.